The average Bonchev–Trinajstić information content (AvgIpc) is 2.72. The Hall–Kier alpha value is -3.57. The van der Waals surface area contributed by atoms with Crippen LogP contribution < -0.4 is 15.4 Å². The monoisotopic (exact) mass is 428 g/mol. The van der Waals surface area contributed by atoms with E-state index in [9.17, 15) is 13.0 Å². The topological polar surface area (TPSA) is 143 Å². The molecule has 0 amide bonds. The van der Waals surface area contributed by atoms with Crippen LogP contribution in [0.5, 0.6) is 5.75 Å². The van der Waals surface area contributed by atoms with Gasteiger partial charge in [-0.05, 0) is 12.1 Å². The Kier molecular flexibility index (Phi) is 5.94. The fourth-order valence-corrected chi connectivity index (χ4v) is 3.24. The minimum absolute atomic E-state index is 0.0678. The molecule has 0 atom stereocenters. The van der Waals surface area contributed by atoms with E-state index in [1.165, 1.54) is 19.2 Å². The number of hydrogen-bond donors (Lipinski definition) is 2. The molecule has 3 rings (SSSR count). The summed E-state index contributed by atoms with van der Waals surface area (Å²) in [5, 5.41) is 8.05. The van der Waals surface area contributed by atoms with Crippen LogP contribution in [0.25, 0.3) is 11.4 Å². The van der Waals surface area contributed by atoms with Crippen molar-refractivity contribution in [2.24, 2.45) is 10.2 Å². The fraction of sp³-hybridized carbons (Fsp3) is 0.158. The Labute approximate surface area is 173 Å². The molecule has 0 saturated carbocycles. The van der Waals surface area contributed by atoms with Crippen molar-refractivity contribution in [1.29, 1.82) is 0 Å². The first-order chi connectivity index (χ1) is 14.2. The first-order valence-corrected chi connectivity index (χ1v) is 10.1. The second kappa shape index (κ2) is 8.43. The Morgan fingerprint density at radius 3 is 2.37 bits per heavy atom. The minimum Gasteiger partial charge on any atom is -0.497 e. The summed E-state index contributed by atoms with van der Waals surface area (Å²) in [6, 6.07) is 13.3. The second-order valence-electron chi connectivity index (χ2n) is 6.37. The molecular formula is C19H20N6O4S. The predicted molar refractivity (Wildman–Crippen MR) is 113 cm³/mol. The van der Waals surface area contributed by atoms with Gasteiger partial charge in [-0.25, -0.2) is 9.97 Å². The van der Waals surface area contributed by atoms with Crippen molar-refractivity contribution in [2.75, 3.05) is 31.8 Å². The molecule has 1 heterocycles. The first kappa shape index (κ1) is 21.1. The van der Waals surface area contributed by atoms with Gasteiger partial charge in [0.15, 0.2) is 23.1 Å². The molecule has 0 fully saturated rings. The zero-order valence-corrected chi connectivity index (χ0v) is 17.3. The van der Waals surface area contributed by atoms with Gasteiger partial charge < -0.3 is 15.4 Å². The van der Waals surface area contributed by atoms with Gasteiger partial charge in [0.1, 0.15) is 16.3 Å². The molecule has 0 unspecified atom stereocenters. The lowest BCUT2D eigenvalue weighted by molar-refractivity contribution is 0.412. The van der Waals surface area contributed by atoms with Crippen molar-refractivity contribution in [3.05, 3.63) is 48.5 Å². The van der Waals surface area contributed by atoms with Gasteiger partial charge >= 0.3 is 0 Å². The van der Waals surface area contributed by atoms with Crippen LogP contribution in [0.4, 0.5) is 23.0 Å². The van der Waals surface area contributed by atoms with Crippen LogP contribution in [-0.4, -0.2) is 44.1 Å². The SMILES string of the molecule is COc1ccc(N=Nc2c(N)nc(-c3ccccc3)nc2N(C)C)c(S(=O)(=O)O)c1. The Morgan fingerprint density at radius 1 is 1.07 bits per heavy atom. The van der Waals surface area contributed by atoms with Gasteiger partial charge in [0.25, 0.3) is 10.1 Å². The number of anilines is 2. The number of azo groups is 1. The predicted octanol–water partition coefficient (Wildman–Crippen LogP) is 3.46. The number of nitrogens with two attached hydrogens (primary N) is 1. The maximum absolute atomic E-state index is 11.7. The van der Waals surface area contributed by atoms with E-state index >= 15 is 0 Å². The van der Waals surface area contributed by atoms with Crippen LogP contribution in [0.15, 0.2) is 63.7 Å². The highest BCUT2D eigenvalue weighted by atomic mass is 32.2. The summed E-state index contributed by atoms with van der Waals surface area (Å²) in [5.74, 6) is 1.12. The standard InChI is InChI=1S/C19H20N6O4S/c1-25(2)19-16(17(20)21-18(22-19)12-7-5-4-6-8-12)24-23-14-10-9-13(29-3)11-15(14)30(26,27)28/h4-11H,1-3H3,(H2,20,21,22)(H,26,27,28). The summed E-state index contributed by atoms with van der Waals surface area (Å²) in [6.45, 7) is 0. The third kappa shape index (κ3) is 4.53. The normalized spacial score (nSPS) is 11.6. The molecular weight excluding hydrogens is 408 g/mol. The van der Waals surface area contributed by atoms with E-state index in [1.807, 2.05) is 30.3 Å². The number of methoxy groups -OCH3 is 1. The number of rotatable bonds is 6. The molecule has 0 spiro atoms. The van der Waals surface area contributed by atoms with Crippen molar-refractivity contribution < 1.29 is 17.7 Å². The van der Waals surface area contributed by atoms with Crippen molar-refractivity contribution >= 4 is 33.1 Å². The lowest BCUT2D eigenvalue weighted by Crippen LogP contribution is -2.13. The van der Waals surface area contributed by atoms with Gasteiger partial charge in [0.2, 0.25) is 0 Å². The lowest BCUT2D eigenvalue weighted by atomic mass is 10.2. The third-order valence-corrected chi connectivity index (χ3v) is 4.93. The summed E-state index contributed by atoms with van der Waals surface area (Å²) in [6.07, 6.45) is 0. The highest BCUT2D eigenvalue weighted by Gasteiger charge is 2.19. The zero-order chi connectivity index (χ0) is 21.9. The van der Waals surface area contributed by atoms with Crippen LogP contribution in [0.2, 0.25) is 0 Å². The van der Waals surface area contributed by atoms with E-state index in [2.05, 4.69) is 20.2 Å². The summed E-state index contributed by atoms with van der Waals surface area (Å²) >= 11 is 0. The smallest absolute Gasteiger partial charge is 0.296 e. The highest BCUT2D eigenvalue weighted by molar-refractivity contribution is 7.86. The van der Waals surface area contributed by atoms with Gasteiger partial charge in [0.05, 0.1) is 7.11 Å². The van der Waals surface area contributed by atoms with E-state index in [0.29, 0.717) is 11.6 Å². The largest absolute Gasteiger partial charge is 0.497 e. The number of nitrogens with zero attached hydrogens (tertiary/aromatic N) is 5. The van der Waals surface area contributed by atoms with Crippen LogP contribution in [0, 0.1) is 0 Å². The molecule has 10 nitrogen and oxygen atoms in total. The van der Waals surface area contributed by atoms with Gasteiger partial charge in [0, 0.05) is 25.7 Å². The van der Waals surface area contributed by atoms with E-state index in [4.69, 9.17) is 10.5 Å². The molecule has 0 aliphatic rings. The molecule has 2 aromatic carbocycles. The zero-order valence-electron chi connectivity index (χ0n) is 16.5. The summed E-state index contributed by atoms with van der Waals surface area (Å²) < 4.78 is 37.9. The van der Waals surface area contributed by atoms with Gasteiger partial charge in [-0.3, -0.25) is 4.55 Å². The van der Waals surface area contributed by atoms with E-state index < -0.39 is 15.0 Å². The molecule has 11 heteroatoms. The molecule has 0 aliphatic heterocycles. The molecule has 1 aromatic heterocycles. The van der Waals surface area contributed by atoms with E-state index in [-0.39, 0.29) is 22.9 Å². The van der Waals surface area contributed by atoms with E-state index in [1.54, 1.807) is 19.0 Å². The van der Waals surface area contributed by atoms with Gasteiger partial charge in [-0.15, -0.1) is 10.2 Å². The number of nitrogen functional groups attached to an aromatic ring is 1. The maximum Gasteiger partial charge on any atom is 0.296 e. The molecule has 3 N–H and O–H groups in total. The molecule has 0 saturated heterocycles. The molecule has 156 valence electrons. The summed E-state index contributed by atoms with van der Waals surface area (Å²) in [5.41, 5.74) is 6.96. The van der Waals surface area contributed by atoms with Crippen molar-refractivity contribution in [3.63, 3.8) is 0 Å². The van der Waals surface area contributed by atoms with Crippen LogP contribution in [0.1, 0.15) is 0 Å². The van der Waals surface area contributed by atoms with Gasteiger partial charge in [-0.1, -0.05) is 30.3 Å². The average molecular weight is 428 g/mol. The second-order valence-corrected chi connectivity index (χ2v) is 7.76. The number of benzene rings is 2. The van der Waals surface area contributed by atoms with Crippen LogP contribution in [0.3, 0.4) is 0 Å². The minimum atomic E-state index is -4.56. The molecule has 3 aromatic rings. The maximum atomic E-state index is 11.7. The fourth-order valence-electron chi connectivity index (χ4n) is 2.60. The Bertz CT molecular complexity index is 1200. The molecule has 0 radical (unpaired) electrons. The number of ether oxygens (including phenoxy) is 1. The number of hydrogen-bond acceptors (Lipinski definition) is 9. The lowest BCUT2D eigenvalue weighted by Gasteiger charge is -2.16. The molecule has 0 aliphatic carbocycles. The summed E-state index contributed by atoms with van der Waals surface area (Å²) in [7, 11) is 0.332. The summed E-state index contributed by atoms with van der Waals surface area (Å²) in [4.78, 5) is 10.0. The van der Waals surface area contributed by atoms with Crippen molar-refractivity contribution in [3.8, 4) is 17.1 Å². The van der Waals surface area contributed by atoms with E-state index in [0.717, 1.165) is 11.6 Å². The Morgan fingerprint density at radius 2 is 1.77 bits per heavy atom. The van der Waals surface area contributed by atoms with Crippen molar-refractivity contribution in [2.45, 2.75) is 4.90 Å². The van der Waals surface area contributed by atoms with Crippen LogP contribution in [-0.2, 0) is 10.1 Å². The van der Waals surface area contributed by atoms with Gasteiger partial charge in [-0.2, -0.15) is 8.42 Å². The first-order valence-electron chi connectivity index (χ1n) is 8.68. The molecule has 0 bridgehead atoms. The Balaban J connectivity index is 2.10. The quantitative estimate of drug-likeness (QED) is 0.449. The van der Waals surface area contributed by atoms with Crippen LogP contribution >= 0.6 is 0 Å². The highest BCUT2D eigenvalue weighted by Crippen LogP contribution is 2.36. The third-order valence-electron chi connectivity index (χ3n) is 4.05. The molecule has 30 heavy (non-hydrogen) atoms. The number of aromatic nitrogens is 2. The van der Waals surface area contributed by atoms with Crippen molar-refractivity contribution in [1.82, 2.24) is 9.97 Å².